The molecule has 0 N–H and O–H groups in total. The van der Waals surface area contributed by atoms with Gasteiger partial charge in [-0.25, -0.2) is 0 Å². The number of carbonyl (C=O) groups excluding carboxylic acids is 1. The lowest BCUT2D eigenvalue weighted by atomic mass is 10.2. The van der Waals surface area contributed by atoms with Crippen LogP contribution < -0.4 is 0 Å². The summed E-state index contributed by atoms with van der Waals surface area (Å²) in [6, 6.07) is 0. The molecule has 0 bridgehead atoms. The maximum Gasteiger partial charge on any atom is 0.225 e. The second-order valence-corrected chi connectivity index (χ2v) is 6.43. The molecule has 0 aliphatic heterocycles. The van der Waals surface area contributed by atoms with E-state index in [-0.39, 0.29) is 0 Å². The van der Waals surface area contributed by atoms with Crippen molar-refractivity contribution in [1.29, 1.82) is 0 Å². The van der Waals surface area contributed by atoms with E-state index in [2.05, 4.69) is 43.1 Å². The van der Waals surface area contributed by atoms with Crippen LogP contribution in [-0.4, -0.2) is 23.9 Å². The minimum absolute atomic E-state index is 0.344. The summed E-state index contributed by atoms with van der Waals surface area (Å²) in [5.41, 5.74) is 0. The van der Waals surface area contributed by atoms with E-state index in [9.17, 15) is 4.79 Å². The van der Waals surface area contributed by atoms with Gasteiger partial charge in [0.1, 0.15) is 0 Å². The predicted octanol–water partition coefficient (Wildman–Crippen LogP) is 5.50. The van der Waals surface area contributed by atoms with Crippen molar-refractivity contribution in [2.75, 3.05) is 13.1 Å². The Balaban J connectivity index is 2.13. The molecular formula is C20H35NO. The van der Waals surface area contributed by atoms with Crippen LogP contribution in [0.25, 0.3) is 0 Å². The predicted molar refractivity (Wildman–Crippen MR) is 95.9 cm³/mol. The van der Waals surface area contributed by atoms with Crippen molar-refractivity contribution in [2.45, 2.75) is 78.1 Å². The summed E-state index contributed by atoms with van der Waals surface area (Å²) in [6.07, 6.45) is 20.9. The van der Waals surface area contributed by atoms with Crippen LogP contribution in [0.15, 0.2) is 24.3 Å². The maximum atomic E-state index is 12.2. The first kappa shape index (κ1) is 19.0. The number of amides is 1. The van der Waals surface area contributed by atoms with Gasteiger partial charge in [-0.3, -0.25) is 4.79 Å². The third-order valence-electron chi connectivity index (χ3n) is 4.15. The van der Waals surface area contributed by atoms with Crippen molar-refractivity contribution in [2.24, 2.45) is 5.92 Å². The molecule has 0 heterocycles. The Bertz CT molecular complexity index is 342. The van der Waals surface area contributed by atoms with Crippen LogP contribution in [0.2, 0.25) is 0 Å². The van der Waals surface area contributed by atoms with Crippen molar-refractivity contribution in [3.05, 3.63) is 24.3 Å². The minimum Gasteiger partial charge on any atom is -0.339 e. The molecule has 0 saturated heterocycles. The van der Waals surface area contributed by atoms with Gasteiger partial charge in [0.2, 0.25) is 5.91 Å². The molecule has 1 amide bonds. The summed E-state index contributed by atoms with van der Waals surface area (Å²) in [5, 5.41) is 0. The van der Waals surface area contributed by atoms with E-state index in [1.165, 1.54) is 25.7 Å². The summed E-state index contributed by atoms with van der Waals surface area (Å²) in [5.74, 6) is 0.727. The molecule has 1 rings (SSSR count). The highest BCUT2D eigenvalue weighted by Crippen LogP contribution is 2.31. The van der Waals surface area contributed by atoms with Crippen molar-refractivity contribution in [1.82, 2.24) is 4.90 Å². The normalized spacial score (nSPS) is 15.0. The summed E-state index contributed by atoms with van der Waals surface area (Å²) in [7, 11) is 0. The summed E-state index contributed by atoms with van der Waals surface area (Å²) < 4.78 is 0. The van der Waals surface area contributed by atoms with E-state index >= 15 is 0 Å². The zero-order valence-electron chi connectivity index (χ0n) is 14.7. The van der Waals surface area contributed by atoms with Gasteiger partial charge in [-0.15, -0.1) is 0 Å². The SMILES string of the molecule is CCCCC/C=C\CC/C=C\CN(CCCC)C(=O)C1CC1. The Kier molecular flexibility index (Phi) is 10.8. The molecule has 1 saturated carbocycles. The molecule has 0 unspecified atom stereocenters. The molecule has 1 fully saturated rings. The zero-order chi connectivity index (χ0) is 16.0. The molecule has 2 nitrogen and oxygen atoms in total. The first-order chi connectivity index (χ1) is 10.8. The Hall–Kier alpha value is -1.05. The average Bonchev–Trinajstić information content (AvgIpc) is 3.36. The van der Waals surface area contributed by atoms with Gasteiger partial charge in [-0.05, 0) is 44.9 Å². The third-order valence-corrected chi connectivity index (χ3v) is 4.15. The van der Waals surface area contributed by atoms with E-state index in [1.54, 1.807) is 0 Å². The van der Waals surface area contributed by atoms with Gasteiger partial charge in [0, 0.05) is 19.0 Å². The Labute approximate surface area is 137 Å². The van der Waals surface area contributed by atoms with Crippen molar-refractivity contribution < 1.29 is 4.79 Å². The van der Waals surface area contributed by atoms with Gasteiger partial charge in [0.15, 0.2) is 0 Å². The maximum absolute atomic E-state index is 12.2. The number of carbonyl (C=O) groups is 1. The van der Waals surface area contributed by atoms with Crippen molar-refractivity contribution in [3.63, 3.8) is 0 Å². The molecule has 22 heavy (non-hydrogen) atoms. The third kappa shape index (κ3) is 9.07. The summed E-state index contributed by atoms with van der Waals surface area (Å²) >= 11 is 0. The standard InChI is InChI=1S/C20H35NO/c1-3-5-7-8-9-10-11-12-13-14-18-21(17-6-4-2)20(22)19-15-16-19/h9-10,13-14,19H,3-8,11-12,15-18H2,1-2H3/b10-9-,14-13-. The fraction of sp³-hybridized carbons (Fsp3) is 0.750. The summed E-state index contributed by atoms with van der Waals surface area (Å²) in [6.45, 7) is 6.15. The first-order valence-electron chi connectivity index (χ1n) is 9.38. The number of nitrogens with zero attached hydrogens (tertiary/aromatic N) is 1. The average molecular weight is 306 g/mol. The lowest BCUT2D eigenvalue weighted by molar-refractivity contribution is -0.132. The van der Waals surface area contributed by atoms with Gasteiger partial charge in [-0.2, -0.15) is 0 Å². The summed E-state index contributed by atoms with van der Waals surface area (Å²) in [4.78, 5) is 14.2. The van der Waals surface area contributed by atoms with Crippen LogP contribution in [0.1, 0.15) is 78.1 Å². The highest BCUT2D eigenvalue weighted by atomic mass is 16.2. The molecule has 126 valence electrons. The molecular weight excluding hydrogens is 270 g/mol. The van der Waals surface area contributed by atoms with Gasteiger partial charge < -0.3 is 4.90 Å². The fourth-order valence-electron chi connectivity index (χ4n) is 2.49. The van der Waals surface area contributed by atoms with Crippen LogP contribution in [0.3, 0.4) is 0 Å². The van der Waals surface area contributed by atoms with E-state index < -0.39 is 0 Å². The molecule has 0 atom stereocenters. The number of hydrogen-bond donors (Lipinski definition) is 0. The van der Waals surface area contributed by atoms with Gasteiger partial charge in [0.05, 0.1) is 0 Å². The highest BCUT2D eigenvalue weighted by molar-refractivity contribution is 5.81. The minimum atomic E-state index is 0.344. The fourth-order valence-corrected chi connectivity index (χ4v) is 2.49. The lowest BCUT2D eigenvalue weighted by Gasteiger charge is -2.20. The lowest BCUT2D eigenvalue weighted by Crippen LogP contribution is -2.33. The number of unbranched alkanes of at least 4 members (excludes halogenated alkanes) is 5. The largest absolute Gasteiger partial charge is 0.339 e. The van der Waals surface area contributed by atoms with Crippen LogP contribution in [0.4, 0.5) is 0 Å². The highest BCUT2D eigenvalue weighted by Gasteiger charge is 2.32. The van der Waals surface area contributed by atoms with E-state index in [4.69, 9.17) is 0 Å². The Morgan fingerprint density at radius 1 is 0.909 bits per heavy atom. The first-order valence-corrected chi connectivity index (χ1v) is 9.38. The van der Waals surface area contributed by atoms with Gasteiger partial charge >= 0.3 is 0 Å². The second kappa shape index (κ2) is 12.5. The Morgan fingerprint density at radius 2 is 1.55 bits per heavy atom. The molecule has 2 heteroatoms. The van der Waals surface area contributed by atoms with Crippen molar-refractivity contribution >= 4 is 5.91 Å². The number of allylic oxidation sites excluding steroid dienone is 3. The number of rotatable bonds is 13. The quantitative estimate of drug-likeness (QED) is 0.325. The zero-order valence-corrected chi connectivity index (χ0v) is 14.7. The molecule has 0 aromatic carbocycles. The van der Waals surface area contributed by atoms with Crippen LogP contribution in [-0.2, 0) is 4.79 Å². The molecule has 1 aliphatic rings. The van der Waals surface area contributed by atoms with Gasteiger partial charge in [-0.1, -0.05) is 57.4 Å². The van der Waals surface area contributed by atoms with Crippen LogP contribution in [0, 0.1) is 5.92 Å². The molecule has 0 radical (unpaired) electrons. The van der Waals surface area contributed by atoms with E-state index in [1.807, 2.05) is 0 Å². The van der Waals surface area contributed by atoms with Gasteiger partial charge in [0.25, 0.3) is 0 Å². The molecule has 0 aromatic heterocycles. The number of hydrogen-bond acceptors (Lipinski definition) is 1. The van der Waals surface area contributed by atoms with E-state index in [0.29, 0.717) is 11.8 Å². The van der Waals surface area contributed by atoms with Crippen LogP contribution >= 0.6 is 0 Å². The molecule has 0 aromatic rings. The Morgan fingerprint density at radius 3 is 2.18 bits per heavy atom. The van der Waals surface area contributed by atoms with E-state index in [0.717, 1.165) is 51.6 Å². The monoisotopic (exact) mass is 305 g/mol. The smallest absolute Gasteiger partial charge is 0.225 e. The second-order valence-electron chi connectivity index (χ2n) is 6.43. The molecule has 1 aliphatic carbocycles. The van der Waals surface area contributed by atoms with Crippen LogP contribution in [0.5, 0.6) is 0 Å². The van der Waals surface area contributed by atoms with Crippen molar-refractivity contribution in [3.8, 4) is 0 Å². The topological polar surface area (TPSA) is 20.3 Å². The molecule has 0 spiro atoms.